The maximum Gasteiger partial charge on any atom is 0.211 e. The summed E-state index contributed by atoms with van der Waals surface area (Å²) in [5.74, 6) is -0.00154. The molecule has 1 heterocycles. The number of rotatable bonds is 3. The number of benzene rings is 1. The Balaban J connectivity index is 1.90. The highest BCUT2D eigenvalue weighted by Gasteiger charge is 2.19. The lowest BCUT2D eigenvalue weighted by atomic mass is 9.96. The molecule has 0 saturated carbocycles. The van der Waals surface area contributed by atoms with E-state index in [-0.39, 0.29) is 5.96 Å². The summed E-state index contributed by atoms with van der Waals surface area (Å²) in [5, 5.41) is 7.98. The molecule has 0 aliphatic heterocycles. The van der Waals surface area contributed by atoms with E-state index in [1.807, 2.05) is 6.07 Å². The molecule has 5 heteroatoms. The number of hydrogen-bond acceptors (Lipinski definition) is 2. The molecule has 1 aliphatic rings. The maximum absolute atomic E-state index is 5.35. The average molecular weight is 281 g/mol. The summed E-state index contributed by atoms with van der Waals surface area (Å²) in [6, 6.07) is 12.6. The Bertz CT molecular complexity index is 678. The monoisotopic (exact) mass is 281 g/mol. The smallest absolute Gasteiger partial charge is 0.211 e. The predicted molar refractivity (Wildman–Crippen MR) is 85.3 cm³/mol. The van der Waals surface area contributed by atoms with Gasteiger partial charge in [-0.1, -0.05) is 30.3 Å². The van der Waals surface area contributed by atoms with Gasteiger partial charge in [0, 0.05) is 24.0 Å². The minimum Gasteiger partial charge on any atom is -0.369 e. The molecule has 4 N–H and O–H groups in total. The first kappa shape index (κ1) is 13.4. The van der Waals surface area contributed by atoms with Crippen LogP contribution in [0.15, 0.2) is 52.8 Å². The first-order valence-electron chi connectivity index (χ1n) is 7.12. The number of hydrogen-bond donors (Lipinski definition) is 2. The second-order valence-corrected chi connectivity index (χ2v) is 5.21. The van der Waals surface area contributed by atoms with Crippen LogP contribution in [0.2, 0.25) is 0 Å². The number of nitrogens with two attached hydrogens (primary N) is 2. The Labute approximate surface area is 124 Å². The van der Waals surface area contributed by atoms with Gasteiger partial charge < -0.3 is 16.0 Å². The highest BCUT2D eigenvalue weighted by molar-refractivity contribution is 6.02. The van der Waals surface area contributed by atoms with Crippen LogP contribution in [-0.4, -0.2) is 16.2 Å². The van der Waals surface area contributed by atoms with Gasteiger partial charge in [0.25, 0.3) is 0 Å². The van der Waals surface area contributed by atoms with Gasteiger partial charge >= 0.3 is 0 Å². The molecule has 0 amide bonds. The third-order valence-electron chi connectivity index (χ3n) is 3.70. The zero-order chi connectivity index (χ0) is 14.7. The highest BCUT2D eigenvalue weighted by Crippen LogP contribution is 2.24. The largest absolute Gasteiger partial charge is 0.369 e. The van der Waals surface area contributed by atoms with Crippen LogP contribution in [-0.2, 0) is 13.0 Å². The fraction of sp³-hybridized carbons (Fsp3) is 0.250. The number of nitrogens with zero attached hydrogens (tertiary/aromatic N) is 3. The van der Waals surface area contributed by atoms with Crippen molar-refractivity contribution in [3.8, 4) is 0 Å². The summed E-state index contributed by atoms with van der Waals surface area (Å²) in [7, 11) is 0. The Morgan fingerprint density at radius 2 is 1.90 bits per heavy atom. The maximum atomic E-state index is 5.35. The number of guanidine groups is 1. The lowest BCUT2D eigenvalue weighted by molar-refractivity contribution is 0.703. The first-order chi connectivity index (χ1) is 10.2. The summed E-state index contributed by atoms with van der Waals surface area (Å²) < 4.78 is 2.29. The summed E-state index contributed by atoms with van der Waals surface area (Å²) in [5.41, 5.74) is 15.5. The van der Waals surface area contributed by atoms with Crippen LogP contribution in [0.4, 0.5) is 0 Å². The molecule has 1 aliphatic carbocycles. The minimum atomic E-state index is -0.00154. The van der Waals surface area contributed by atoms with Crippen LogP contribution in [0.25, 0.3) is 0 Å². The predicted octanol–water partition coefficient (Wildman–Crippen LogP) is 1.85. The molecule has 1 aromatic heterocycles. The van der Waals surface area contributed by atoms with Crippen molar-refractivity contribution >= 4 is 11.7 Å². The van der Waals surface area contributed by atoms with Crippen LogP contribution in [0.1, 0.15) is 29.7 Å². The van der Waals surface area contributed by atoms with Crippen molar-refractivity contribution in [1.29, 1.82) is 0 Å². The van der Waals surface area contributed by atoms with E-state index in [1.54, 1.807) is 0 Å². The lowest BCUT2D eigenvalue weighted by Crippen LogP contribution is -2.22. The topological polar surface area (TPSA) is 81.7 Å². The summed E-state index contributed by atoms with van der Waals surface area (Å²) in [6.45, 7) is 0.881. The molecule has 0 saturated heterocycles. The van der Waals surface area contributed by atoms with Crippen LogP contribution >= 0.6 is 0 Å². The molecule has 2 aromatic rings. The van der Waals surface area contributed by atoms with E-state index in [9.17, 15) is 0 Å². The van der Waals surface area contributed by atoms with E-state index in [0.29, 0.717) is 0 Å². The van der Waals surface area contributed by atoms with Gasteiger partial charge in [0.2, 0.25) is 5.96 Å². The van der Waals surface area contributed by atoms with Gasteiger partial charge in [-0.15, -0.1) is 5.10 Å². The van der Waals surface area contributed by atoms with E-state index in [4.69, 9.17) is 11.5 Å². The van der Waals surface area contributed by atoms with E-state index in [1.165, 1.54) is 16.8 Å². The Morgan fingerprint density at radius 3 is 2.67 bits per heavy atom. The Hall–Kier alpha value is -2.56. The second-order valence-electron chi connectivity index (χ2n) is 5.21. The van der Waals surface area contributed by atoms with Gasteiger partial charge in [0.1, 0.15) is 0 Å². The van der Waals surface area contributed by atoms with Crippen molar-refractivity contribution < 1.29 is 0 Å². The summed E-state index contributed by atoms with van der Waals surface area (Å²) in [6.07, 6.45) is 5.17. The molecule has 0 fully saturated rings. The van der Waals surface area contributed by atoms with E-state index >= 15 is 0 Å². The molecule has 0 spiro atoms. The summed E-state index contributed by atoms with van der Waals surface area (Å²) >= 11 is 0. The molecule has 0 radical (unpaired) electrons. The zero-order valence-corrected chi connectivity index (χ0v) is 11.9. The highest BCUT2D eigenvalue weighted by atomic mass is 15.3. The SMILES string of the molecule is NC(N)=N/N=C1\CCCc2c1ccn2Cc1ccccc1. The van der Waals surface area contributed by atoms with Gasteiger partial charge in [0.05, 0.1) is 5.71 Å². The molecule has 108 valence electrons. The van der Waals surface area contributed by atoms with E-state index < -0.39 is 0 Å². The van der Waals surface area contributed by atoms with Gasteiger partial charge in [-0.25, -0.2) is 0 Å². The third kappa shape index (κ3) is 2.97. The van der Waals surface area contributed by atoms with Crippen LogP contribution in [0, 0.1) is 0 Å². The molecular weight excluding hydrogens is 262 g/mol. The van der Waals surface area contributed by atoms with Gasteiger partial charge in [-0.05, 0) is 30.9 Å². The van der Waals surface area contributed by atoms with Crippen molar-refractivity contribution in [3.05, 3.63) is 59.4 Å². The van der Waals surface area contributed by atoms with Crippen LogP contribution < -0.4 is 11.5 Å². The van der Waals surface area contributed by atoms with Crippen LogP contribution in [0.3, 0.4) is 0 Å². The zero-order valence-electron chi connectivity index (χ0n) is 11.9. The van der Waals surface area contributed by atoms with Gasteiger partial charge in [0.15, 0.2) is 0 Å². The normalized spacial score (nSPS) is 15.7. The van der Waals surface area contributed by atoms with Crippen LogP contribution in [0.5, 0.6) is 0 Å². The van der Waals surface area contributed by atoms with Crippen molar-refractivity contribution in [1.82, 2.24) is 4.57 Å². The molecule has 0 atom stereocenters. The molecule has 3 rings (SSSR count). The Morgan fingerprint density at radius 1 is 1.10 bits per heavy atom. The van der Waals surface area contributed by atoms with E-state index in [0.717, 1.165) is 31.5 Å². The summed E-state index contributed by atoms with van der Waals surface area (Å²) in [4.78, 5) is 0. The quantitative estimate of drug-likeness (QED) is 0.511. The van der Waals surface area contributed by atoms with Gasteiger partial charge in [-0.3, -0.25) is 0 Å². The average Bonchev–Trinajstić information content (AvgIpc) is 2.90. The Kier molecular flexibility index (Phi) is 3.73. The fourth-order valence-electron chi connectivity index (χ4n) is 2.75. The van der Waals surface area contributed by atoms with Crippen molar-refractivity contribution in [3.63, 3.8) is 0 Å². The second kappa shape index (κ2) is 5.83. The van der Waals surface area contributed by atoms with Crippen molar-refractivity contribution in [2.45, 2.75) is 25.8 Å². The standard InChI is InChI=1S/C16H19N5/c17-16(18)20-19-14-7-4-8-15-13(14)9-10-21(15)11-12-5-2-1-3-6-12/h1-3,5-6,9-10H,4,7-8,11H2,(H4,17,18,20)/b19-14+. The number of aromatic nitrogens is 1. The molecule has 0 bridgehead atoms. The fourth-order valence-corrected chi connectivity index (χ4v) is 2.75. The minimum absolute atomic E-state index is 0.00154. The van der Waals surface area contributed by atoms with Crippen molar-refractivity contribution in [2.24, 2.45) is 21.7 Å². The third-order valence-corrected chi connectivity index (χ3v) is 3.70. The lowest BCUT2D eigenvalue weighted by Gasteiger charge is -2.17. The molecule has 5 nitrogen and oxygen atoms in total. The molecular formula is C16H19N5. The van der Waals surface area contributed by atoms with Crippen molar-refractivity contribution in [2.75, 3.05) is 0 Å². The molecule has 1 aromatic carbocycles. The first-order valence-corrected chi connectivity index (χ1v) is 7.12. The molecule has 0 unspecified atom stereocenters. The molecule has 21 heavy (non-hydrogen) atoms. The number of fused-ring (bicyclic) bond motifs is 1. The van der Waals surface area contributed by atoms with Gasteiger partial charge in [-0.2, -0.15) is 5.10 Å². The van der Waals surface area contributed by atoms with E-state index in [2.05, 4.69) is 51.3 Å².